The van der Waals surface area contributed by atoms with Crippen LogP contribution < -0.4 is 10.1 Å². The van der Waals surface area contributed by atoms with Gasteiger partial charge in [-0.2, -0.15) is 0 Å². The van der Waals surface area contributed by atoms with E-state index in [4.69, 9.17) is 9.72 Å². The number of rotatable bonds is 12. The fourth-order valence-electron chi connectivity index (χ4n) is 3.50. The van der Waals surface area contributed by atoms with E-state index in [1.807, 2.05) is 43.3 Å². The predicted octanol–water partition coefficient (Wildman–Crippen LogP) is 4.91. The molecule has 0 unspecified atom stereocenters. The molecular formula is C25H31N3O2. The quantitative estimate of drug-likeness (QED) is 0.344. The van der Waals surface area contributed by atoms with Crippen LogP contribution in [0.25, 0.3) is 11.0 Å². The van der Waals surface area contributed by atoms with E-state index < -0.39 is 0 Å². The lowest BCUT2D eigenvalue weighted by molar-refractivity contribution is -0.116. The minimum Gasteiger partial charge on any atom is -0.494 e. The van der Waals surface area contributed by atoms with Crippen LogP contribution in [0.15, 0.2) is 66.7 Å². The first-order chi connectivity index (χ1) is 14.8. The maximum absolute atomic E-state index is 11.4. The lowest BCUT2D eigenvalue weighted by Gasteiger charge is -2.10. The Labute approximate surface area is 178 Å². The van der Waals surface area contributed by atoms with Crippen molar-refractivity contribution in [3.63, 3.8) is 0 Å². The van der Waals surface area contributed by atoms with Gasteiger partial charge in [-0.3, -0.25) is 4.79 Å². The van der Waals surface area contributed by atoms with Crippen LogP contribution >= 0.6 is 0 Å². The minimum atomic E-state index is -0.0167. The van der Waals surface area contributed by atoms with E-state index in [1.165, 1.54) is 5.52 Å². The number of ether oxygens (including phenoxy) is 1. The molecule has 0 saturated carbocycles. The van der Waals surface area contributed by atoms with Crippen molar-refractivity contribution in [3.8, 4) is 5.75 Å². The number of aromatic nitrogens is 2. The summed E-state index contributed by atoms with van der Waals surface area (Å²) in [6.07, 6.45) is 8.29. The second-order valence-electron chi connectivity index (χ2n) is 7.29. The third kappa shape index (κ3) is 6.48. The molecule has 0 spiro atoms. The molecule has 1 amide bonds. The first-order valence-corrected chi connectivity index (χ1v) is 10.8. The van der Waals surface area contributed by atoms with Crippen LogP contribution in [0.5, 0.6) is 5.75 Å². The molecule has 0 aliphatic carbocycles. The van der Waals surface area contributed by atoms with E-state index in [2.05, 4.69) is 28.1 Å². The molecule has 0 atom stereocenters. The summed E-state index contributed by atoms with van der Waals surface area (Å²) < 4.78 is 8.18. The number of amides is 1. The van der Waals surface area contributed by atoms with Crippen LogP contribution in [-0.4, -0.2) is 28.6 Å². The molecule has 5 heteroatoms. The zero-order valence-electron chi connectivity index (χ0n) is 17.7. The normalized spacial score (nSPS) is 11.2. The standard InChI is InChI=1S/C25H31N3O2/c1-2-12-25(29)26-18-10-4-7-17-24-27-22-15-8-9-16-23(22)28(24)19-11-20-30-21-13-5-3-6-14-21/h2-3,5-6,8-9,12-16H,4,7,10-11,17-20H2,1H3,(H,26,29)/b12-2+. The van der Waals surface area contributed by atoms with E-state index in [-0.39, 0.29) is 5.91 Å². The monoisotopic (exact) mass is 405 g/mol. The Kier molecular flexibility index (Phi) is 8.51. The van der Waals surface area contributed by atoms with Gasteiger partial charge in [0, 0.05) is 19.5 Å². The third-order valence-corrected chi connectivity index (χ3v) is 4.97. The Bertz CT molecular complexity index is 947. The number of hydrogen-bond donors (Lipinski definition) is 1. The fraction of sp³-hybridized carbons (Fsp3) is 0.360. The van der Waals surface area contributed by atoms with Crippen molar-refractivity contribution in [1.29, 1.82) is 0 Å². The van der Waals surface area contributed by atoms with Crippen LogP contribution in [0.1, 0.15) is 38.4 Å². The van der Waals surface area contributed by atoms with Crippen molar-refractivity contribution in [1.82, 2.24) is 14.9 Å². The summed E-state index contributed by atoms with van der Waals surface area (Å²) in [5.74, 6) is 2.03. The van der Waals surface area contributed by atoms with Gasteiger partial charge in [0.25, 0.3) is 0 Å². The molecule has 0 bridgehead atoms. The Morgan fingerprint density at radius 2 is 1.83 bits per heavy atom. The Balaban J connectivity index is 1.49. The molecule has 5 nitrogen and oxygen atoms in total. The average molecular weight is 406 g/mol. The van der Waals surface area contributed by atoms with Crippen molar-refractivity contribution < 1.29 is 9.53 Å². The highest BCUT2D eigenvalue weighted by Crippen LogP contribution is 2.18. The molecule has 2 aromatic carbocycles. The highest BCUT2D eigenvalue weighted by atomic mass is 16.5. The molecule has 0 fully saturated rings. The van der Waals surface area contributed by atoms with Gasteiger partial charge in [0.2, 0.25) is 5.91 Å². The van der Waals surface area contributed by atoms with Crippen molar-refractivity contribution >= 4 is 16.9 Å². The second-order valence-corrected chi connectivity index (χ2v) is 7.29. The van der Waals surface area contributed by atoms with Gasteiger partial charge in [0.1, 0.15) is 11.6 Å². The summed E-state index contributed by atoms with van der Waals surface area (Å²) in [6, 6.07) is 18.3. The number of fused-ring (bicyclic) bond motifs is 1. The lowest BCUT2D eigenvalue weighted by atomic mass is 10.2. The summed E-state index contributed by atoms with van der Waals surface area (Å²) in [5.41, 5.74) is 2.24. The Morgan fingerprint density at radius 1 is 1.03 bits per heavy atom. The van der Waals surface area contributed by atoms with Crippen molar-refractivity contribution in [3.05, 3.63) is 72.6 Å². The van der Waals surface area contributed by atoms with Gasteiger partial charge in [-0.15, -0.1) is 0 Å². The molecular weight excluding hydrogens is 374 g/mol. The van der Waals surface area contributed by atoms with E-state index in [1.54, 1.807) is 12.2 Å². The highest BCUT2D eigenvalue weighted by molar-refractivity contribution is 5.87. The van der Waals surface area contributed by atoms with E-state index in [0.717, 1.165) is 62.3 Å². The molecule has 0 radical (unpaired) electrons. The predicted molar refractivity (Wildman–Crippen MR) is 122 cm³/mol. The Morgan fingerprint density at radius 3 is 2.67 bits per heavy atom. The van der Waals surface area contributed by atoms with Gasteiger partial charge < -0.3 is 14.6 Å². The van der Waals surface area contributed by atoms with Crippen molar-refractivity contribution in [2.75, 3.05) is 13.2 Å². The molecule has 3 rings (SSSR count). The van der Waals surface area contributed by atoms with E-state index in [9.17, 15) is 4.79 Å². The van der Waals surface area contributed by atoms with Gasteiger partial charge in [-0.05, 0) is 56.5 Å². The SMILES string of the molecule is C/C=C/C(=O)NCCCCCc1nc2ccccc2n1CCCOc1ccccc1. The molecule has 158 valence electrons. The number of carbonyl (C=O) groups excluding carboxylic acids is 1. The number of imidazole rings is 1. The number of nitrogens with one attached hydrogen (secondary N) is 1. The highest BCUT2D eigenvalue weighted by Gasteiger charge is 2.10. The van der Waals surface area contributed by atoms with Gasteiger partial charge in [-0.25, -0.2) is 4.98 Å². The van der Waals surface area contributed by atoms with Crippen LogP contribution in [-0.2, 0) is 17.8 Å². The summed E-state index contributed by atoms with van der Waals surface area (Å²) in [4.78, 5) is 16.3. The van der Waals surface area contributed by atoms with Gasteiger partial charge >= 0.3 is 0 Å². The molecule has 0 saturated heterocycles. The minimum absolute atomic E-state index is 0.0167. The molecule has 3 aromatic rings. The molecule has 1 heterocycles. The van der Waals surface area contributed by atoms with E-state index in [0.29, 0.717) is 6.61 Å². The summed E-state index contributed by atoms with van der Waals surface area (Å²) in [5, 5.41) is 2.90. The summed E-state index contributed by atoms with van der Waals surface area (Å²) >= 11 is 0. The number of carbonyl (C=O) groups is 1. The largest absolute Gasteiger partial charge is 0.494 e. The first-order valence-electron chi connectivity index (χ1n) is 10.8. The number of para-hydroxylation sites is 3. The molecule has 0 aliphatic heterocycles. The van der Waals surface area contributed by atoms with E-state index >= 15 is 0 Å². The molecule has 1 aromatic heterocycles. The summed E-state index contributed by atoms with van der Waals surface area (Å²) in [6.45, 7) is 4.14. The van der Waals surface area contributed by atoms with Gasteiger partial charge in [0.05, 0.1) is 17.6 Å². The summed E-state index contributed by atoms with van der Waals surface area (Å²) in [7, 11) is 0. The number of unbranched alkanes of at least 4 members (excludes halogenated alkanes) is 2. The third-order valence-electron chi connectivity index (χ3n) is 4.97. The number of nitrogens with zero attached hydrogens (tertiary/aromatic N) is 2. The molecule has 0 aliphatic rings. The van der Waals surface area contributed by atoms with Crippen molar-refractivity contribution in [2.45, 2.75) is 45.6 Å². The molecule has 1 N–H and O–H groups in total. The average Bonchev–Trinajstić information content (AvgIpc) is 3.12. The maximum atomic E-state index is 11.4. The van der Waals surface area contributed by atoms with Crippen LogP contribution in [0, 0.1) is 0 Å². The zero-order valence-corrected chi connectivity index (χ0v) is 17.7. The van der Waals surface area contributed by atoms with Crippen LogP contribution in [0.4, 0.5) is 0 Å². The number of benzene rings is 2. The van der Waals surface area contributed by atoms with Gasteiger partial charge in [-0.1, -0.05) is 42.8 Å². The lowest BCUT2D eigenvalue weighted by Crippen LogP contribution is -2.21. The van der Waals surface area contributed by atoms with Crippen LogP contribution in [0.3, 0.4) is 0 Å². The Hall–Kier alpha value is -3.08. The number of aryl methyl sites for hydroxylation is 2. The maximum Gasteiger partial charge on any atom is 0.243 e. The smallest absolute Gasteiger partial charge is 0.243 e. The number of hydrogen-bond acceptors (Lipinski definition) is 3. The zero-order chi connectivity index (χ0) is 21.0. The number of allylic oxidation sites excluding steroid dienone is 1. The molecule has 30 heavy (non-hydrogen) atoms. The van der Waals surface area contributed by atoms with Gasteiger partial charge in [0.15, 0.2) is 0 Å². The topological polar surface area (TPSA) is 56.2 Å². The van der Waals surface area contributed by atoms with Crippen LogP contribution in [0.2, 0.25) is 0 Å². The second kappa shape index (κ2) is 11.8. The fourth-order valence-corrected chi connectivity index (χ4v) is 3.50. The first kappa shape index (κ1) is 21.6. The van der Waals surface area contributed by atoms with Crippen molar-refractivity contribution in [2.24, 2.45) is 0 Å².